The Morgan fingerprint density at radius 2 is 1.73 bits per heavy atom. The molecule has 278 valence electrons. The van der Waals surface area contributed by atoms with Crippen molar-refractivity contribution in [1.29, 1.82) is 0 Å². The van der Waals surface area contributed by atoms with Crippen molar-refractivity contribution >= 4 is 17.5 Å². The molecule has 48 heavy (non-hydrogen) atoms. The van der Waals surface area contributed by atoms with E-state index >= 15 is 0 Å². The molecule has 0 saturated carbocycles. The number of methoxy groups -OCH3 is 1. The Balaban J connectivity index is 1.85. The molecule has 3 aliphatic rings. The molecule has 3 heterocycles. The minimum atomic E-state index is -1.24. The monoisotopic (exact) mass is 681 g/mol. The molecule has 0 aromatic carbocycles. The molecule has 11 nitrogen and oxygen atoms in total. The fraction of sp³-hybridized carbons (Fsp3) is 0.919. The van der Waals surface area contributed by atoms with Gasteiger partial charge in [-0.25, -0.2) is 0 Å². The number of hydrogen-bond donors (Lipinski definition) is 1. The summed E-state index contributed by atoms with van der Waals surface area (Å²) in [4.78, 5) is 49.6. The standard InChI is InChI=1S/C37H68N4O7/c1-13-39(10)18-14-15-31(43)41-22-27(23-41)28-16-17-30(42)36(5,6)33(45)26(4)34(37(7,46-12)20-24(2)21-40(28)11)48-35-32(44)29(38(8)9)19-25(3)47-35/h24-29,32,34-35,44H,13-23H2,1-12H3/t24-,25-,26+,28+,29+,32-,34-,35+,37-/m1/s1. The summed E-state index contributed by atoms with van der Waals surface area (Å²) < 4.78 is 19.1. The number of ketones is 2. The lowest BCUT2D eigenvalue weighted by molar-refractivity contribution is -0.295. The predicted octanol–water partition coefficient (Wildman–Crippen LogP) is 3.31. The molecule has 0 unspecified atom stereocenters. The predicted molar refractivity (Wildman–Crippen MR) is 188 cm³/mol. The molecular weight excluding hydrogens is 612 g/mol. The van der Waals surface area contributed by atoms with E-state index in [1.807, 2.05) is 44.7 Å². The van der Waals surface area contributed by atoms with E-state index in [1.165, 1.54) is 0 Å². The molecule has 0 aromatic heterocycles. The molecule has 0 radical (unpaired) electrons. The summed E-state index contributed by atoms with van der Waals surface area (Å²) in [5.74, 6) is -0.376. The van der Waals surface area contributed by atoms with Crippen molar-refractivity contribution in [2.75, 3.05) is 68.0 Å². The zero-order valence-corrected chi connectivity index (χ0v) is 32.2. The maximum Gasteiger partial charge on any atom is 0.222 e. The lowest BCUT2D eigenvalue weighted by atomic mass is 9.71. The van der Waals surface area contributed by atoms with Gasteiger partial charge in [-0.15, -0.1) is 0 Å². The van der Waals surface area contributed by atoms with E-state index in [2.05, 4.69) is 37.7 Å². The Hall–Kier alpha value is -1.47. The second-order valence-corrected chi connectivity index (χ2v) is 16.3. The van der Waals surface area contributed by atoms with Crippen LogP contribution in [-0.2, 0) is 28.6 Å². The number of carbonyl (C=O) groups excluding carboxylic acids is 3. The lowest BCUT2D eigenvalue weighted by Crippen LogP contribution is -2.59. The summed E-state index contributed by atoms with van der Waals surface area (Å²) in [5.41, 5.74) is -2.15. The highest BCUT2D eigenvalue weighted by Crippen LogP contribution is 2.39. The second-order valence-electron chi connectivity index (χ2n) is 16.3. The molecule has 3 saturated heterocycles. The highest BCUT2D eigenvalue weighted by atomic mass is 16.7. The zero-order valence-electron chi connectivity index (χ0n) is 32.2. The summed E-state index contributed by atoms with van der Waals surface area (Å²) in [6, 6.07) is -0.0665. The largest absolute Gasteiger partial charge is 0.386 e. The molecule has 3 fully saturated rings. The molecule has 3 aliphatic heterocycles. The number of carbonyl (C=O) groups is 3. The summed E-state index contributed by atoms with van der Waals surface area (Å²) in [6.45, 7) is 17.5. The zero-order chi connectivity index (χ0) is 36.1. The maximum atomic E-state index is 14.3. The van der Waals surface area contributed by atoms with Gasteiger partial charge >= 0.3 is 0 Å². The van der Waals surface area contributed by atoms with Crippen LogP contribution in [0.3, 0.4) is 0 Å². The molecule has 1 N–H and O–H groups in total. The lowest BCUT2D eigenvalue weighted by Gasteiger charge is -2.48. The number of rotatable bonds is 10. The van der Waals surface area contributed by atoms with Crippen molar-refractivity contribution < 1.29 is 33.7 Å². The summed E-state index contributed by atoms with van der Waals surface area (Å²) in [7, 11) is 9.69. The molecule has 1 amide bonds. The Kier molecular flexibility index (Phi) is 14.6. The van der Waals surface area contributed by atoms with Crippen molar-refractivity contribution in [2.24, 2.45) is 23.2 Å². The number of nitrogens with zero attached hydrogens (tertiary/aromatic N) is 4. The van der Waals surface area contributed by atoms with Gasteiger partial charge in [0.2, 0.25) is 5.91 Å². The molecule has 0 spiro atoms. The number of likely N-dealkylation sites (tertiary alicyclic amines) is 1. The Bertz CT molecular complexity index is 1080. The number of ether oxygens (including phenoxy) is 3. The number of aliphatic hydroxyl groups is 1. The number of amides is 1. The van der Waals surface area contributed by atoms with Crippen LogP contribution in [0.15, 0.2) is 0 Å². The number of hydrogen-bond acceptors (Lipinski definition) is 10. The number of Topliss-reactive ketones (excluding diaryl/α,β-unsaturated/α-hetero) is 2. The average Bonchev–Trinajstić information content (AvgIpc) is 3.00. The van der Waals surface area contributed by atoms with Crippen LogP contribution in [0.1, 0.15) is 87.0 Å². The third-order valence-corrected chi connectivity index (χ3v) is 11.7. The van der Waals surface area contributed by atoms with Crippen LogP contribution in [-0.4, -0.2) is 152 Å². The van der Waals surface area contributed by atoms with Crippen LogP contribution in [0.2, 0.25) is 0 Å². The molecule has 11 heteroatoms. The topological polar surface area (TPSA) is 112 Å². The molecule has 0 aromatic rings. The van der Waals surface area contributed by atoms with Crippen LogP contribution < -0.4 is 0 Å². The van der Waals surface area contributed by atoms with E-state index in [-0.39, 0.29) is 53.9 Å². The van der Waals surface area contributed by atoms with E-state index in [1.54, 1.807) is 21.0 Å². The van der Waals surface area contributed by atoms with E-state index in [4.69, 9.17) is 14.2 Å². The average molecular weight is 681 g/mol. The van der Waals surface area contributed by atoms with E-state index < -0.39 is 35.4 Å². The SMILES string of the molecule is CCN(C)CCCC(=O)N1CC([C@@H]2CCC(=O)C(C)(C)C(=O)[C@H](C)[C@@H](O[C@@H]3O[C@H](C)C[C@H](N(C)C)[C@H]3O)[C@](C)(OC)C[C@@H](C)CN2C)C1. The van der Waals surface area contributed by atoms with Gasteiger partial charge in [-0.05, 0) is 101 Å². The summed E-state index contributed by atoms with van der Waals surface area (Å²) in [5, 5.41) is 11.4. The van der Waals surface area contributed by atoms with Crippen molar-refractivity contribution in [3.8, 4) is 0 Å². The van der Waals surface area contributed by atoms with Gasteiger partial charge < -0.3 is 38.9 Å². The third kappa shape index (κ3) is 9.65. The van der Waals surface area contributed by atoms with E-state index in [0.29, 0.717) is 38.8 Å². The molecule has 0 aliphatic carbocycles. The fourth-order valence-electron chi connectivity index (χ4n) is 8.32. The van der Waals surface area contributed by atoms with E-state index in [9.17, 15) is 19.5 Å². The second kappa shape index (κ2) is 17.2. The minimum Gasteiger partial charge on any atom is -0.386 e. The normalized spacial score (nSPS) is 36.4. The van der Waals surface area contributed by atoms with Gasteiger partial charge in [-0.1, -0.05) is 20.8 Å². The Morgan fingerprint density at radius 1 is 1.08 bits per heavy atom. The van der Waals surface area contributed by atoms with Crippen LogP contribution in [0.4, 0.5) is 0 Å². The van der Waals surface area contributed by atoms with Crippen LogP contribution in [0, 0.1) is 23.2 Å². The molecule has 0 bridgehead atoms. The van der Waals surface area contributed by atoms with Crippen molar-refractivity contribution in [3.63, 3.8) is 0 Å². The Morgan fingerprint density at radius 3 is 2.31 bits per heavy atom. The number of aliphatic hydroxyl groups excluding tert-OH is 1. The van der Waals surface area contributed by atoms with Crippen LogP contribution in [0.5, 0.6) is 0 Å². The summed E-state index contributed by atoms with van der Waals surface area (Å²) >= 11 is 0. The molecular formula is C37H68N4O7. The van der Waals surface area contributed by atoms with Crippen LogP contribution >= 0.6 is 0 Å². The minimum absolute atomic E-state index is 0.0922. The van der Waals surface area contributed by atoms with Gasteiger partial charge in [-0.2, -0.15) is 0 Å². The highest BCUT2D eigenvalue weighted by molar-refractivity contribution is 6.07. The first-order chi connectivity index (χ1) is 22.4. The van der Waals surface area contributed by atoms with Crippen molar-refractivity contribution in [1.82, 2.24) is 19.6 Å². The Labute approximate surface area is 291 Å². The first kappa shape index (κ1) is 41.0. The van der Waals surface area contributed by atoms with Gasteiger partial charge in [0.1, 0.15) is 11.9 Å². The third-order valence-electron chi connectivity index (χ3n) is 11.7. The highest BCUT2D eigenvalue weighted by Gasteiger charge is 2.51. The van der Waals surface area contributed by atoms with Gasteiger partial charge in [0.05, 0.1) is 23.2 Å². The van der Waals surface area contributed by atoms with Gasteiger partial charge in [0, 0.05) is 63.5 Å². The van der Waals surface area contributed by atoms with Gasteiger partial charge in [0.15, 0.2) is 12.1 Å². The fourth-order valence-corrected chi connectivity index (χ4v) is 8.32. The van der Waals surface area contributed by atoms with Crippen molar-refractivity contribution in [3.05, 3.63) is 0 Å². The smallest absolute Gasteiger partial charge is 0.222 e. The first-order valence-electron chi connectivity index (χ1n) is 18.3. The van der Waals surface area contributed by atoms with Crippen molar-refractivity contribution in [2.45, 2.75) is 129 Å². The van der Waals surface area contributed by atoms with Crippen LogP contribution in [0.25, 0.3) is 0 Å². The summed E-state index contributed by atoms with van der Waals surface area (Å²) in [6.07, 6.45) is 0.767. The van der Waals surface area contributed by atoms with E-state index in [0.717, 1.165) is 26.1 Å². The maximum absolute atomic E-state index is 14.3. The molecule has 9 atom stereocenters. The first-order valence-corrected chi connectivity index (χ1v) is 18.3. The van der Waals surface area contributed by atoms with Gasteiger partial charge in [-0.3, -0.25) is 14.4 Å². The number of likely N-dealkylation sites (N-methyl/N-ethyl adjacent to an activating group) is 1. The molecule has 3 rings (SSSR count). The van der Waals surface area contributed by atoms with Gasteiger partial charge in [0.25, 0.3) is 0 Å². The quantitative estimate of drug-likeness (QED) is 0.345.